The quantitative estimate of drug-likeness (QED) is 0.364. The Morgan fingerprint density at radius 3 is 2.47 bits per heavy atom. The van der Waals surface area contributed by atoms with E-state index in [1.54, 1.807) is 12.1 Å². The molecule has 4 N–H and O–H groups in total. The fourth-order valence-corrected chi connectivity index (χ4v) is 6.13. The molecule has 0 amide bonds. The SMILES string of the molecule is CC[C@H](C)NS(=O)(=O)Nc1ccc(-c2c(N)c3ccc(OC4CCOCC4)cc3n2C2CCC2)cc1. The highest BCUT2D eigenvalue weighted by molar-refractivity contribution is 7.90. The van der Waals surface area contributed by atoms with Crippen LogP contribution in [0.1, 0.15) is 58.4 Å². The molecule has 1 saturated heterocycles. The van der Waals surface area contributed by atoms with Gasteiger partial charge in [-0.05, 0) is 56.9 Å². The molecule has 1 aliphatic carbocycles. The van der Waals surface area contributed by atoms with Gasteiger partial charge in [0.15, 0.2) is 0 Å². The van der Waals surface area contributed by atoms with E-state index < -0.39 is 10.2 Å². The number of anilines is 2. The van der Waals surface area contributed by atoms with E-state index in [-0.39, 0.29) is 12.1 Å². The zero-order valence-electron chi connectivity index (χ0n) is 21.0. The minimum absolute atomic E-state index is 0.139. The van der Waals surface area contributed by atoms with Crippen molar-refractivity contribution in [1.82, 2.24) is 9.29 Å². The molecule has 0 bridgehead atoms. The number of rotatable bonds is 9. The van der Waals surface area contributed by atoms with Crippen molar-refractivity contribution in [2.45, 2.75) is 70.6 Å². The van der Waals surface area contributed by atoms with E-state index in [0.29, 0.717) is 18.2 Å². The molecule has 0 unspecified atom stereocenters. The molecule has 1 saturated carbocycles. The van der Waals surface area contributed by atoms with Crippen LogP contribution in [0.3, 0.4) is 0 Å². The van der Waals surface area contributed by atoms with Crippen LogP contribution in [0.5, 0.6) is 5.75 Å². The molecule has 2 aliphatic rings. The Balaban J connectivity index is 1.46. The third-order valence-corrected chi connectivity index (χ3v) is 8.52. The number of hydrogen-bond acceptors (Lipinski definition) is 5. The molecule has 2 fully saturated rings. The first-order chi connectivity index (χ1) is 17.3. The maximum absolute atomic E-state index is 12.4. The molecule has 9 heteroatoms. The van der Waals surface area contributed by atoms with Gasteiger partial charge < -0.3 is 19.8 Å². The van der Waals surface area contributed by atoms with Gasteiger partial charge in [0.05, 0.1) is 30.1 Å². The van der Waals surface area contributed by atoms with Crippen molar-refractivity contribution in [3.05, 3.63) is 42.5 Å². The Bertz CT molecular complexity index is 1310. The predicted octanol–water partition coefficient (Wildman–Crippen LogP) is 5.22. The standard InChI is InChI=1S/C27H36N4O4S/c1-3-18(2)29-36(32,33)30-20-9-7-19(8-10-20)27-26(28)24-12-11-23(35-22-13-15-34-16-14-22)17-25(24)31(27)21-5-4-6-21/h7-12,17-18,21-22,29-30H,3-6,13-16,28H2,1-2H3/t18-/m0/s1. The smallest absolute Gasteiger partial charge is 0.299 e. The van der Waals surface area contributed by atoms with E-state index in [4.69, 9.17) is 15.2 Å². The van der Waals surface area contributed by atoms with Crippen LogP contribution >= 0.6 is 0 Å². The monoisotopic (exact) mass is 512 g/mol. The highest BCUT2D eigenvalue weighted by Gasteiger charge is 2.27. The van der Waals surface area contributed by atoms with Crippen molar-refractivity contribution >= 4 is 32.5 Å². The second kappa shape index (κ2) is 10.3. The van der Waals surface area contributed by atoms with E-state index in [2.05, 4.69) is 26.1 Å². The average Bonchev–Trinajstić information content (AvgIpc) is 3.10. The van der Waals surface area contributed by atoms with Crippen LogP contribution in [-0.4, -0.2) is 38.3 Å². The number of nitrogens with zero attached hydrogens (tertiary/aromatic N) is 1. The lowest BCUT2D eigenvalue weighted by Gasteiger charge is -2.30. The van der Waals surface area contributed by atoms with Crippen LogP contribution < -0.4 is 19.9 Å². The zero-order chi connectivity index (χ0) is 25.3. The van der Waals surface area contributed by atoms with E-state index in [1.165, 1.54) is 6.42 Å². The Hall–Kier alpha value is -2.75. The summed E-state index contributed by atoms with van der Waals surface area (Å²) >= 11 is 0. The molecule has 36 heavy (non-hydrogen) atoms. The maximum Gasteiger partial charge on any atom is 0.299 e. The normalized spacial score (nSPS) is 18.2. The molecule has 8 nitrogen and oxygen atoms in total. The van der Waals surface area contributed by atoms with Gasteiger partial charge in [-0.1, -0.05) is 19.1 Å². The molecule has 5 rings (SSSR count). The maximum atomic E-state index is 12.4. The summed E-state index contributed by atoms with van der Waals surface area (Å²) in [7, 11) is -3.64. The Morgan fingerprint density at radius 1 is 1.11 bits per heavy atom. The van der Waals surface area contributed by atoms with E-state index in [9.17, 15) is 8.42 Å². The number of nitrogens with one attached hydrogen (secondary N) is 2. The minimum Gasteiger partial charge on any atom is -0.490 e. The fourth-order valence-electron chi connectivity index (χ4n) is 4.92. The molecule has 1 atom stereocenters. The van der Waals surface area contributed by atoms with Gasteiger partial charge in [-0.25, -0.2) is 0 Å². The first-order valence-electron chi connectivity index (χ1n) is 12.9. The highest BCUT2D eigenvalue weighted by atomic mass is 32.2. The number of benzene rings is 2. The molecular formula is C27H36N4O4S. The molecule has 2 heterocycles. The molecular weight excluding hydrogens is 476 g/mol. The number of nitrogen functional groups attached to an aromatic ring is 1. The predicted molar refractivity (Wildman–Crippen MR) is 145 cm³/mol. The van der Waals surface area contributed by atoms with Crippen molar-refractivity contribution in [1.29, 1.82) is 0 Å². The molecule has 2 aromatic carbocycles. The van der Waals surface area contributed by atoms with Crippen LogP contribution in [0.25, 0.3) is 22.2 Å². The molecule has 1 aliphatic heterocycles. The van der Waals surface area contributed by atoms with E-state index >= 15 is 0 Å². The van der Waals surface area contributed by atoms with E-state index in [1.807, 2.05) is 32.0 Å². The van der Waals surface area contributed by atoms with E-state index in [0.717, 1.165) is 72.5 Å². The van der Waals surface area contributed by atoms with Crippen molar-refractivity contribution in [2.75, 3.05) is 23.7 Å². The summed E-state index contributed by atoms with van der Waals surface area (Å²) < 4.78 is 44.1. The summed E-state index contributed by atoms with van der Waals surface area (Å²) in [6.07, 6.45) is 6.11. The van der Waals surface area contributed by atoms with Gasteiger partial charge >= 0.3 is 0 Å². The largest absolute Gasteiger partial charge is 0.490 e. The van der Waals surface area contributed by atoms with Gasteiger partial charge in [0.25, 0.3) is 10.2 Å². The molecule has 194 valence electrons. The Morgan fingerprint density at radius 2 is 1.83 bits per heavy atom. The van der Waals surface area contributed by atoms with Gasteiger partial charge in [-0.15, -0.1) is 0 Å². The average molecular weight is 513 g/mol. The lowest BCUT2D eigenvalue weighted by molar-refractivity contribution is 0.0256. The van der Waals surface area contributed by atoms with Gasteiger partial charge in [0.2, 0.25) is 0 Å². The first-order valence-corrected chi connectivity index (χ1v) is 14.4. The molecule has 0 spiro atoms. The number of ether oxygens (including phenoxy) is 2. The number of fused-ring (bicyclic) bond motifs is 1. The van der Waals surface area contributed by atoms with Crippen molar-refractivity contribution < 1.29 is 17.9 Å². The third kappa shape index (κ3) is 5.19. The minimum atomic E-state index is -3.64. The third-order valence-electron chi connectivity index (χ3n) is 7.31. The van der Waals surface area contributed by atoms with Crippen LogP contribution in [0, 0.1) is 0 Å². The van der Waals surface area contributed by atoms with Crippen LogP contribution in [0.2, 0.25) is 0 Å². The van der Waals surface area contributed by atoms with Gasteiger partial charge in [0.1, 0.15) is 11.9 Å². The summed E-state index contributed by atoms with van der Waals surface area (Å²) in [4.78, 5) is 0. The number of hydrogen-bond donors (Lipinski definition) is 3. The highest BCUT2D eigenvalue weighted by Crippen LogP contribution is 2.45. The Kier molecular flexibility index (Phi) is 7.14. The number of nitrogens with two attached hydrogens (primary N) is 1. The molecule has 1 aromatic heterocycles. The summed E-state index contributed by atoms with van der Waals surface area (Å²) in [5.41, 5.74) is 11.0. The lowest BCUT2D eigenvalue weighted by atomic mass is 9.92. The summed E-state index contributed by atoms with van der Waals surface area (Å²) in [6, 6.07) is 13.9. The van der Waals surface area contributed by atoms with Crippen molar-refractivity contribution in [3.63, 3.8) is 0 Å². The van der Waals surface area contributed by atoms with Gasteiger partial charge in [0, 0.05) is 47.6 Å². The summed E-state index contributed by atoms with van der Waals surface area (Å²) in [6.45, 7) is 5.25. The van der Waals surface area contributed by atoms with Crippen LogP contribution in [0.15, 0.2) is 42.5 Å². The van der Waals surface area contributed by atoms with Crippen molar-refractivity contribution in [2.24, 2.45) is 0 Å². The summed E-state index contributed by atoms with van der Waals surface area (Å²) in [5, 5.41) is 1.01. The molecule has 0 radical (unpaired) electrons. The first kappa shape index (κ1) is 24.9. The lowest BCUT2D eigenvalue weighted by Crippen LogP contribution is -2.36. The van der Waals surface area contributed by atoms with Crippen LogP contribution in [0.4, 0.5) is 11.4 Å². The van der Waals surface area contributed by atoms with Crippen LogP contribution in [-0.2, 0) is 14.9 Å². The second-order valence-corrected chi connectivity index (χ2v) is 11.4. The van der Waals surface area contributed by atoms with Gasteiger partial charge in [-0.3, -0.25) is 4.72 Å². The second-order valence-electron chi connectivity index (χ2n) is 9.94. The molecule has 3 aromatic rings. The topological polar surface area (TPSA) is 108 Å². The Labute approximate surface area is 213 Å². The van der Waals surface area contributed by atoms with Gasteiger partial charge in [-0.2, -0.15) is 13.1 Å². The van der Waals surface area contributed by atoms with Crippen molar-refractivity contribution in [3.8, 4) is 17.0 Å². The zero-order valence-corrected chi connectivity index (χ0v) is 21.8. The fraction of sp³-hybridized carbons (Fsp3) is 0.481. The summed E-state index contributed by atoms with van der Waals surface area (Å²) in [5.74, 6) is 0.859. The number of aromatic nitrogens is 1.